The Hall–Kier alpha value is -4.60. The van der Waals surface area contributed by atoms with Crippen molar-refractivity contribution in [3.05, 3.63) is 104 Å². The van der Waals surface area contributed by atoms with Crippen LogP contribution >= 0.6 is 0 Å². The van der Waals surface area contributed by atoms with E-state index >= 15 is 0 Å². The van der Waals surface area contributed by atoms with Gasteiger partial charge in [-0.1, -0.05) is 24.3 Å². The number of hydrogen-bond donors (Lipinski definition) is 2. The Morgan fingerprint density at radius 3 is 1.27 bits per heavy atom. The molecular weight excluding hydrogens is 392 g/mol. The summed E-state index contributed by atoms with van der Waals surface area (Å²) >= 11 is 0. The van der Waals surface area contributed by atoms with Crippen LogP contribution in [-0.2, 0) is 0 Å². The van der Waals surface area contributed by atoms with Crippen LogP contribution in [0.15, 0.2) is 72.8 Å². The number of nitrogens with zero attached hydrogens (tertiary/aromatic N) is 2. The molecule has 0 aliphatic rings. The molecule has 0 heterocycles. The summed E-state index contributed by atoms with van der Waals surface area (Å²) in [4.78, 5) is 45.6. The summed E-state index contributed by atoms with van der Waals surface area (Å²) in [6.45, 7) is 0. The van der Waals surface area contributed by atoms with E-state index < -0.39 is 21.7 Å². The van der Waals surface area contributed by atoms with Crippen molar-refractivity contribution in [2.24, 2.45) is 0 Å². The summed E-state index contributed by atoms with van der Waals surface area (Å²) in [6.07, 6.45) is 0. The lowest BCUT2D eigenvalue weighted by Crippen LogP contribution is -2.15. The molecule has 30 heavy (non-hydrogen) atoms. The van der Waals surface area contributed by atoms with Gasteiger partial charge in [0, 0.05) is 23.3 Å². The van der Waals surface area contributed by atoms with Crippen LogP contribution in [0.4, 0.5) is 22.7 Å². The second kappa shape index (κ2) is 8.61. The Kier molecular flexibility index (Phi) is 5.78. The highest BCUT2D eigenvalue weighted by Crippen LogP contribution is 2.25. The lowest BCUT2D eigenvalue weighted by molar-refractivity contribution is -0.384. The van der Waals surface area contributed by atoms with E-state index in [1.54, 1.807) is 12.1 Å². The van der Waals surface area contributed by atoms with Crippen LogP contribution in [0.25, 0.3) is 0 Å². The fraction of sp³-hybridized carbons (Fsp3) is 0. The molecule has 2 amide bonds. The third kappa shape index (κ3) is 4.44. The summed E-state index contributed by atoms with van der Waals surface area (Å²) in [5.74, 6) is -1.18. The van der Waals surface area contributed by atoms with Crippen molar-refractivity contribution >= 4 is 34.6 Å². The lowest BCUT2D eigenvalue weighted by atomic mass is 10.1. The molecule has 2 N–H and O–H groups in total. The monoisotopic (exact) mass is 406 g/mol. The Bertz CT molecular complexity index is 1050. The minimum Gasteiger partial charge on any atom is -0.316 e. The van der Waals surface area contributed by atoms with E-state index in [2.05, 4.69) is 10.6 Å². The zero-order chi connectivity index (χ0) is 21.7. The maximum absolute atomic E-state index is 12.4. The number of amides is 2. The van der Waals surface area contributed by atoms with E-state index in [1.165, 1.54) is 60.7 Å². The molecule has 3 aromatic rings. The van der Waals surface area contributed by atoms with E-state index in [0.717, 1.165) is 0 Å². The van der Waals surface area contributed by atoms with Crippen molar-refractivity contribution in [2.45, 2.75) is 0 Å². The Labute approximate surface area is 169 Å². The van der Waals surface area contributed by atoms with Crippen LogP contribution in [0.1, 0.15) is 20.7 Å². The normalized spacial score (nSPS) is 10.1. The zero-order valence-electron chi connectivity index (χ0n) is 15.3. The summed E-state index contributed by atoms with van der Waals surface area (Å²) < 4.78 is 0. The van der Waals surface area contributed by atoms with E-state index in [0.29, 0.717) is 0 Å². The van der Waals surface area contributed by atoms with Gasteiger partial charge in [-0.25, -0.2) is 0 Å². The fourth-order valence-electron chi connectivity index (χ4n) is 2.64. The maximum Gasteiger partial charge on any atom is 0.292 e. The van der Waals surface area contributed by atoms with Crippen molar-refractivity contribution < 1.29 is 19.4 Å². The van der Waals surface area contributed by atoms with Gasteiger partial charge in [-0.3, -0.25) is 29.8 Å². The summed E-state index contributed by atoms with van der Waals surface area (Å²) in [5.41, 5.74) is -0.0418. The Morgan fingerprint density at radius 2 is 0.933 bits per heavy atom. The number of benzene rings is 3. The van der Waals surface area contributed by atoms with Crippen LogP contribution in [-0.4, -0.2) is 21.7 Å². The van der Waals surface area contributed by atoms with Gasteiger partial charge in [0.2, 0.25) is 0 Å². The number of carbonyl (C=O) groups is 2. The third-order valence-electron chi connectivity index (χ3n) is 4.11. The van der Waals surface area contributed by atoms with Crippen molar-refractivity contribution in [3.8, 4) is 0 Å². The molecule has 0 aliphatic heterocycles. The second-order valence-corrected chi connectivity index (χ2v) is 6.03. The van der Waals surface area contributed by atoms with E-state index in [9.17, 15) is 29.8 Å². The lowest BCUT2D eigenvalue weighted by Gasteiger charge is -2.08. The molecule has 0 atom stereocenters. The molecule has 0 aromatic heterocycles. The van der Waals surface area contributed by atoms with E-state index in [-0.39, 0.29) is 33.9 Å². The first kappa shape index (κ1) is 20.1. The minimum atomic E-state index is -0.605. The van der Waals surface area contributed by atoms with Gasteiger partial charge in [-0.2, -0.15) is 0 Å². The predicted molar refractivity (Wildman–Crippen MR) is 109 cm³/mol. The van der Waals surface area contributed by atoms with Crippen LogP contribution in [0.5, 0.6) is 0 Å². The number of anilines is 2. The fourth-order valence-corrected chi connectivity index (χ4v) is 2.64. The standard InChI is InChI=1S/C20H14N4O6/c25-19(21-15-5-1-3-7-17(15)23(27)28)13-9-11-14(12-10-13)20(26)22-16-6-2-4-8-18(16)24(29)30/h1-12H,(H,21,25)(H,22,26). The van der Waals surface area contributed by atoms with Crippen LogP contribution in [0, 0.1) is 20.2 Å². The molecule has 0 unspecified atom stereocenters. The smallest absolute Gasteiger partial charge is 0.292 e. The first-order chi connectivity index (χ1) is 14.4. The molecule has 3 rings (SSSR count). The quantitative estimate of drug-likeness (QED) is 0.467. The van der Waals surface area contributed by atoms with Crippen molar-refractivity contribution in [2.75, 3.05) is 10.6 Å². The van der Waals surface area contributed by atoms with Gasteiger partial charge in [-0.05, 0) is 36.4 Å². The van der Waals surface area contributed by atoms with Gasteiger partial charge in [0.15, 0.2) is 0 Å². The highest BCUT2D eigenvalue weighted by Gasteiger charge is 2.18. The van der Waals surface area contributed by atoms with Gasteiger partial charge >= 0.3 is 0 Å². The molecule has 0 spiro atoms. The number of carbonyl (C=O) groups excluding carboxylic acids is 2. The summed E-state index contributed by atoms with van der Waals surface area (Å²) in [6, 6.07) is 16.9. The number of para-hydroxylation sites is 4. The largest absolute Gasteiger partial charge is 0.316 e. The number of nitrogens with one attached hydrogen (secondary N) is 2. The van der Waals surface area contributed by atoms with Gasteiger partial charge in [0.05, 0.1) is 9.85 Å². The van der Waals surface area contributed by atoms with Crippen LogP contribution < -0.4 is 10.6 Å². The topological polar surface area (TPSA) is 144 Å². The Morgan fingerprint density at radius 1 is 0.600 bits per heavy atom. The zero-order valence-corrected chi connectivity index (χ0v) is 15.3. The van der Waals surface area contributed by atoms with E-state index in [1.807, 2.05) is 0 Å². The van der Waals surface area contributed by atoms with E-state index in [4.69, 9.17) is 0 Å². The Balaban J connectivity index is 1.74. The average molecular weight is 406 g/mol. The summed E-state index contributed by atoms with van der Waals surface area (Å²) in [7, 11) is 0. The van der Waals surface area contributed by atoms with Crippen molar-refractivity contribution in [1.29, 1.82) is 0 Å². The highest BCUT2D eigenvalue weighted by atomic mass is 16.6. The number of hydrogen-bond acceptors (Lipinski definition) is 6. The van der Waals surface area contributed by atoms with Gasteiger partial charge in [-0.15, -0.1) is 0 Å². The van der Waals surface area contributed by atoms with Crippen LogP contribution in [0.3, 0.4) is 0 Å². The molecule has 10 nitrogen and oxygen atoms in total. The number of nitro benzene ring substituents is 2. The van der Waals surface area contributed by atoms with Crippen molar-refractivity contribution in [1.82, 2.24) is 0 Å². The summed E-state index contributed by atoms with van der Waals surface area (Å²) in [5, 5.41) is 27.0. The molecular formula is C20H14N4O6. The molecule has 0 bridgehead atoms. The van der Waals surface area contributed by atoms with Gasteiger partial charge < -0.3 is 10.6 Å². The average Bonchev–Trinajstić information content (AvgIpc) is 2.74. The predicted octanol–water partition coefficient (Wildman–Crippen LogP) is 4.01. The van der Waals surface area contributed by atoms with Gasteiger partial charge in [0.25, 0.3) is 23.2 Å². The number of nitro groups is 2. The third-order valence-corrected chi connectivity index (χ3v) is 4.11. The molecule has 0 aliphatic carbocycles. The number of rotatable bonds is 6. The molecule has 0 saturated carbocycles. The molecule has 0 saturated heterocycles. The van der Waals surface area contributed by atoms with Gasteiger partial charge in [0.1, 0.15) is 11.4 Å². The molecule has 0 radical (unpaired) electrons. The first-order valence-electron chi connectivity index (χ1n) is 8.56. The molecule has 3 aromatic carbocycles. The highest BCUT2D eigenvalue weighted by molar-refractivity contribution is 6.08. The SMILES string of the molecule is O=C(Nc1ccccc1[N+](=O)[O-])c1ccc(C(=O)Nc2ccccc2[N+](=O)[O-])cc1. The molecule has 150 valence electrons. The second-order valence-electron chi connectivity index (χ2n) is 6.03. The minimum absolute atomic E-state index is 0.0470. The van der Waals surface area contributed by atoms with Crippen LogP contribution in [0.2, 0.25) is 0 Å². The maximum atomic E-state index is 12.4. The molecule has 10 heteroatoms. The first-order valence-corrected chi connectivity index (χ1v) is 8.56. The molecule has 0 fully saturated rings. The van der Waals surface area contributed by atoms with Crippen molar-refractivity contribution in [3.63, 3.8) is 0 Å².